The van der Waals surface area contributed by atoms with Crippen molar-refractivity contribution in [3.63, 3.8) is 0 Å². The zero-order chi connectivity index (χ0) is 13.5. The van der Waals surface area contributed by atoms with E-state index >= 15 is 0 Å². The van der Waals surface area contributed by atoms with Gasteiger partial charge in [0.2, 0.25) is 0 Å². The van der Waals surface area contributed by atoms with Crippen molar-refractivity contribution >= 4 is 23.4 Å². The Morgan fingerprint density at radius 2 is 2.11 bits per heavy atom. The van der Waals surface area contributed by atoms with Gasteiger partial charge in [0.25, 0.3) is 0 Å². The predicted molar refractivity (Wildman–Crippen MR) is 81.5 cm³/mol. The van der Waals surface area contributed by atoms with Crippen molar-refractivity contribution in [1.82, 2.24) is 15.1 Å². The van der Waals surface area contributed by atoms with Gasteiger partial charge in [-0.3, -0.25) is 4.68 Å². The summed E-state index contributed by atoms with van der Waals surface area (Å²) in [6.45, 7) is 10.5. The molecule has 0 aromatic carbocycles. The number of hydrogen-bond donors (Lipinski definition) is 1. The van der Waals surface area contributed by atoms with E-state index in [1.54, 1.807) is 6.20 Å². The van der Waals surface area contributed by atoms with E-state index in [-0.39, 0.29) is 6.04 Å². The maximum absolute atomic E-state index is 6.26. The van der Waals surface area contributed by atoms with Gasteiger partial charge in [-0.15, -0.1) is 0 Å². The lowest BCUT2D eigenvalue weighted by Gasteiger charge is -2.20. The van der Waals surface area contributed by atoms with Crippen LogP contribution in [-0.2, 0) is 6.54 Å². The van der Waals surface area contributed by atoms with Crippen LogP contribution in [0.5, 0.6) is 0 Å². The maximum Gasteiger partial charge on any atom is 0.0834 e. The molecule has 0 spiro atoms. The molecule has 0 fully saturated rings. The molecule has 0 radical (unpaired) electrons. The number of aryl methyl sites for hydroxylation is 1. The number of hydrogen-bond acceptors (Lipinski definition) is 3. The fourth-order valence-corrected chi connectivity index (χ4v) is 3.26. The number of halogens is 1. The number of nitrogens with one attached hydrogen (secondary N) is 1. The summed E-state index contributed by atoms with van der Waals surface area (Å²) in [7, 11) is 0. The molecule has 3 nitrogen and oxygen atoms in total. The van der Waals surface area contributed by atoms with Crippen LogP contribution in [0.3, 0.4) is 0 Å². The van der Waals surface area contributed by atoms with Crippen molar-refractivity contribution in [2.45, 2.75) is 40.3 Å². The normalized spacial score (nSPS) is 13.2. The average Bonchev–Trinajstić information content (AvgIpc) is 2.69. The van der Waals surface area contributed by atoms with Gasteiger partial charge in [0, 0.05) is 12.3 Å². The Bertz CT molecular complexity index is 352. The molecule has 1 unspecified atom stereocenters. The van der Waals surface area contributed by atoms with E-state index < -0.39 is 0 Å². The minimum absolute atomic E-state index is 0.286. The second kappa shape index (κ2) is 8.08. The summed E-state index contributed by atoms with van der Waals surface area (Å²) >= 11 is 8.24. The van der Waals surface area contributed by atoms with Crippen LogP contribution in [0.25, 0.3) is 0 Å². The van der Waals surface area contributed by atoms with Gasteiger partial charge in [0.05, 0.1) is 23.0 Å². The molecular formula is C13H24ClN3S. The standard InChI is InChI=1S/C13H24ClN3S/c1-5-15-12(9-18-8-10(3)4)13-11(14)7-16-17(13)6-2/h7,10,12,15H,5-6,8-9H2,1-4H3. The van der Waals surface area contributed by atoms with Crippen molar-refractivity contribution in [1.29, 1.82) is 0 Å². The van der Waals surface area contributed by atoms with Gasteiger partial charge in [-0.05, 0) is 25.1 Å². The van der Waals surface area contributed by atoms with Crippen LogP contribution in [0.4, 0.5) is 0 Å². The number of thioether (sulfide) groups is 1. The Balaban J connectivity index is 2.73. The highest BCUT2D eigenvalue weighted by Gasteiger charge is 2.19. The van der Waals surface area contributed by atoms with Crippen molar-refractivity contribution in [2.75, 3.05) is 18.1 Å². The number of rotatable bonds is 8. The van der Waals surface area contributed by atoms with Gasteiger partial charge in [0.1, 0.15) is 0 Å². The summed E-state index contributed by atoms with van der Waals surface area (Å²) in [5.74, 6) is 2.95. The van der Waals surface area contributed by atoms with Crippen molar-refractivity contribution in [3.05, 3.63) is 16.9 Å². The second-order valence-electron chi connectivity index (χ2n) is 4.74. The monoisotopic (exact) mass is 289 g/mol. The molecule has 0 bridgehead atoms. The van der Waals surface area contributed by atoms with Gasteiger partial charge in [-0.1, -0.05) is 32.4 Å². The maximum atomic E-state index is 6.26. The first-order valence-corrected chi connectivity index (χ1v) is 8.15. The summed E-state index contributed by atoms with van der Waals surface area (Å²) in [6, 6.07) is 0.286. The Morgan fingerprint density at radius 3 is 2.67 bits per heavy atom. The summed E-state index contributed by atoms with van der Waals surface area (Å²) < 4.78 is 1.99. The molecule has 0 aliphatic carbocycles. The third-order valence-electron chi connectivity index (χ3n) is 2.65. The number of aromatic nitrogens is 2. The van der Waals surface area contributed by atoms with Crippen molar-refractivity contribution in [2.24, 2.45) is 5.92 Å². The Kier molecular flexibility index (Phi) is 7.12. The van der Waals surface area contributed by atoms with E-state index in [2.05, 4.69) is 38.1 Å². The van der Waals surface area contributed by atoms with Crippen LogP contribution in [0, 0.1) is 5.92 Å². The molecule has 1 atom stereocenters. The van der Waals surface area contributed by atoms with Gasteiger partial charge in [-0.2, -0.15) is 16.9 Å². The molecule has 0 saturated carbocycles. The molecule has 18 heavy (non-hydrogen) atoms. The van der Waals surface area contributed by atoms with E-state index in [9.17, 15) is 0 Å². The lowest BCUT2D eigenvalue weighted by atomic mass is 10.2. The number of nitrogens with zero attached hydrogens (tertiary/aromatic N) is 2. The summed E-state index contributed by atoms with van der Waals surface area (Å²) in [5, 5.41) is 8.60. The molecule has 0 aliphatic rings. The van der Waals surface area contributed by atoms with Gasteiger partial charge >= 0.3 is 0 Å². The fourth-order valence-electron chi connectivity index (χ4n) is 1.87. The zero-order valence-corrected chi connectivity index (χ0v) is 13.3. The summed E-state index contributed by atoms with van der Waals surface area (Å²) in [6.07, 6.45) is 1.75. The van der Waals surface area contributed by atoms with E-state index in [4.69, 9.17) is 11.6 Å². The third kappa shape index (κ3) is 4.48. The molecule has 0 saturated heterocycles. The highest BCUT2D eigenvalue weighted by molar-refractivity contribution is 7.99. The van der Waals surface area contributed by atoms with Gasteiger partial charge < -0.3 is 5.32 Å². The highest BCUT2D eigenvalue weighted by Crippen LogP contribution is 2.26. The van der Waals surface area contributed by atoms with E-state index in [0.29, 0.717) is 0 Å². The Labute approximate surface area is 120 Å². The average molecular weight is 290 g/mol. The van der Waals surface area contributed by atoms with Crippen LogP contribution >= 0.6 is 23.4 Å². The fraction of sp³-hybridized carbons (Fsp3) is 0.769. The smallest absolute Gasteiger partial charge is 0.0834 e. The highest BCUT2D eigenvalue weighted by atomic mass is 35.5. The zero-order valence-electron chi connectivity index (χ0n) is 11.7. The van der Waals surface area contributed by atoms with Gasteiger partial charge in [0.15, 0.2) is 0 Å². The van der Waals surface area contributed by atoms with E-state index in [0.717, 1.165) is 35.5 Å². The Hall–Kier alpha value is -0.190. The van der Waals surface area contributed by atoms with Crippen molar-refractivity contribution in [3.8, 4) is 0 Å². The quantitative estimate of drug-likeness (QED) is 0.793. The third-order valence-corrected chi connectivity index (χ3v) is 4.41. The summed E-state index contributed by atoms with van der Waals surface area (Å²) in [4.78, 5) is 0. The second-order valence-corrected chi connectivity index (χ2v) is 6.22. The van der Waals surface area contributed by atoms with Crippen LogP contribution in [0.2, 0.25) is 5.02 Å². The molecule has 0 aliphatic heterocycles. The molecule has 1 heterocycles. The van der Waals surface area contributed by atoms with Crippen LogP contribution in [-0.4, -0.2) is 27.8 Å². The molecular weight excluding hydrogens is 266 g/mol. The SMILES string of the molecule is CCNC(CSCC(C)C)c1c(Cl)cnn1CC. The summed E-state index contributed by atoms with van der Waals surface area (Å²) in [5.41, 5.74) is 1.12. The lowest BCUT2D eigenvalue weighted by Crippen LogP contribution is -2.26. The topological polar surface area (TPSA) is 29.9 Å². The van der Waals surface area contributed by atoms with Crippen LogP contribution < -0.4 is 5.32 Å². The molecule has 1 aromatic heterocycles. The first-order valence-electron chi connectivity index (χ1n) is 6.62. The largest absolute Gasteiger partial charge is 0.308 e. The van der Waals surface area contributed by atoms with Crippen LogP contribution in [0.1, 0.15) is 39.4 Å². The molecule has 0 amide bonds. The van der Waals surface area contributed by atoms with E-state index in [1.807, 2.05) is 16.4 Å². The van der Waals surface area contributed by atoms with Crippen molar-refractivity contribution < 1.29 is 0 Å². The molecule has 1 N–H and O–H groups in total. The minimum Gasteiger partial charge on any atom is -0.308 e. The molecule has 5 heteroatoms. The minimum atomic E-state index is 0.286. The first kappa shape index (κ1) is 15.9. The Morgan fingerprint density at radius 1 is 1.39 bits per heavy atom. The first-order chi connectivity index (χ1) is 8.60. The molecule has 1 aromatic rings. The molecule has 1 rings (SSSR count). The van der Waals surface area contributed by atoms with Gasteiger partial charge in [-0.25, -0.2) is 0 Å². The van der Waals surface area contributed by atoms with Crippen LogP contribution in [0.15, 0.2) is 6.20 Å². The molecule has 104 valence electrons. The lowest BCUT2D eigenvalue weighted by molar-refractivity contribution is 0.526. The predicted octanol–water partition coefficient (Wildman–Crippen LogP) is 3.60. The van der Waals surface area contributed by atoms with E-state index in [1.165, 1.54) is 5.75 Å².